The Balaban J connectivity index is 2.48. The second-order valence-corrected chi connectivity index (χ2v) is 3.25. The monoisotopic (exact) mass is 180 g/mol. The van der Waals surface area contributed by atoms with Crippen molar-refractivity contribution in [3.63, 3.8) is 0 Å². The molecule has 0 atom stereocenters. The van der Waals surface area contributed by atoms with Crippen molar-refractivity contribution in [1.29, 1.82) is 0 Å². The zero-order chi connectivity index (χ0) is 9.38. The lowest BCUT2D eigenvalue weighted by atomic mass is 10.2. The molecule has 0 amide bonds. The number of hydrogen-bond acceptors (Lipinski definition) is 2. The molecular weight excluding hydrogens is 172 g/mol. The first-order valence-electron chi connectivity index (χ1n) is 4.53. The standard InChI is InChI=1S/C12H8N2/c1-2-4-11-9(3-1)7-10-5-6-13-12(10)8-14-11/h1-8H. The van der Waals surface area contributed by atoms with Crippen LogP contribution in [0.15, 0.2) is 48.8 Å². The summed E-state index contributed by atoms with van der Waals surface area (Å²) < 4.78 is 0. The highest BCUT2D eigenvalue weighted by atomic mass is 14.7. The second kappa shape index (κ2) is 2.77. The van der Waals surface area contributed by atoms with E-state index in [0.717, 1.165) is 22.2 Å². The Hall–Kier alpha value is -1.96. The number of nitrogens with zero attached hydrogens (tertiary/aromatic N) is 2. The maximum absolute atomic E-state index is 4.38. The normalized spacial score (nSPS) is 10.9. The molecule has 2 aliphatic rings. The molecule has 2 heterocycles. The fourth-order valence-corrected chi connectivity index (χ4v) is 1.61. The largest absolute Gasteiger partial charge is 0.255 e. The summed E-state index contributed by atoms with van der Waals surface area (Å²) in [6, 6.07) is 12.2. The summed E-state index contributed by atoms with van der Waals surface area (Å²) in [4.78, 5) is 8.60. The van der Waals surface area contributed by atoms with Crippen molar-refractivity contribution in [2.45, 2.75) is 0 Å². The van der Waals surface area contributed by atoms with Gasteiger partial charge < -0.3 is 0 Å². The van der Waals surface area contributed by atoms with Crippen LogP contribution in [0.3, 0.4) is 0 Å². The summed E-state index contributed by atoms with van der Waals surface area (Å²) in [6.07, 6.45) is 3.62. The minimum atomic E-state index is 0.946. The molecule has 14 heavy (non-hydrogen) atoms. The van der Waals surface area contributed by atoms with E-state index in [9.17, 15) is 0 Å². The van der Waals surface area contributed by atoms with E-state index < -0.39 is 0 Å². The Morgan fingerprint density at radius 1 is 0.929 bits per heavy atom. The van der Waals surface area contributed by atoms with E-state index in [4.69, 9.17) is 0 Å². The summed E-state index contributed by atoms with van der Waals surface area (Å²) in [5.41, 5.74) is 3.09. The van der Waals surface area contributed by atoms with Gasteiger partial charge in [-0.2, -0.15) is 0 Å². The smallest absolute Gasteiger partial charge is 0.0885 e. The van der Waals surface area contributed by atoms with Crippen LogP contribution in [0, 0.1) is 0 Å². The molecule has 0 radical (unpaired) electrons. The molecule has 2 nitrogen and oxygen atoms in total. The number of para-hydroxylation sites is 1. The third-order valence-corrected chi connectivity index (χ3v) is 2.34. The highest BCUT2D eigenvalue weighted by Crippen LogP contribution is 2.21. The first-order chi connectivity index (χ1) is 6.93. The average molecular weight is 180 g/mol. The molecule has 1 aromatic rings. The molecule has 0 spiro atoms. The molecule has 0 aliphatic carbocycles. The summed E-state index contributed by atoms with van der Waals surface area (Å²) in [5, 5.41) is 1.15. The second-order valence-electron chi connectivity index (χ2n) is 3.25. The van der Waals surface area contributed by atoms with E-state index >= 15 is 0 Å². The highest BCUT2D eigenvalue weighted by Gasteiger charge is 2.02. The topological polar surface area (TPSA) is 25.8 Å². The molecule has 0 N–H and O–H groups in total. The Bertz CT molecular complexity index is 560. The van der Waals surface area contributed by atoms with Crippen molar-refractivity contribution < 1.29 is 0 Å². The lowest BCUT2D eigenvalue weighted by Gasteiger charge is -1.88. The van der Waals surface area contributed by atoms with Crippen LogP contribution in [-0.4, -0.2) is 9.97 Å². The van der Waals surface area contributed by atoms with Crippen molar-refractivity contribution >= 4 is 10.9 Å². The Morgan fingerprint density at radius 2 is 1.86 bits per heavy atom. The van der Waals surface area contributed by atoms with E-state index in [1.807, 2.05) is 30.5 Å². The predicted molar refractivity (Wildman–Crippen MR) is 56.2 cm³/mol. The van der Waals surface area contributed by atoms with Gasteiger partial charge >= 0.3 is 0 Å². The maximum atomic E-state index is 4.38. The number of benzene rings is 1. The van der Waals surface area contributed by atoms with Crippen LogP contribution in [0.2, 0.25) is 0 Å². The van der Waals surface area contributed by atoms with Gasteiger partial charge in [0.15, 0.2) is 0 Å². The summed E-state index contributed by atoms with van der Waals surface area (Å²) in [7, 11) is 0. The molecule has 66 valence electrons. The van der Waals surface area contributed by atoms with Crippen LogP contribution in [0.25, 0.3) is 22.2 Å². The number of rotatable bonds is 0. The van der Waals surface area contributed by atoms with Crippen LogP contribution >= 0.6 is 0 Å². The van der Waals surface area contributed by atoms with Crippen LogP contribution in [0.4, 0.5) is 0 Å². The summed E-state index contributed by atoms with van der Waals surface area (Å²) in [5.74, 6) is 0. The molecule has 0 unspecified atom stereocenters. The minimum absolute atomic E-state index is 0.946. The van der Waals surface area contributed by atoms with Crippen molar-refractivity contribution in [2.24, 2.45) is 0 Å². The first-order valence-corrected chi connectivity index (χ1v) is 4.53. The molecule has 2 heteroatoms. The maximum Gasteiger partial charge on any atom is 0.0885 e. The fourth-order valence-electron chi connectivity index (χ4n) is 1.61. The summed E-state index contributed by atoms with van der Waals surface area (Å²) >= 11 is 0. The van der Waals surface area contributed by atoms with E-state index in [1.54, 1.807) is 6.20 Å². The van der Waals surface area contributed by atoms with Crippen molar-refractivity contribution in [2.75, 3.05) is 0 Å². The molecule has 2 aliphatic heterocycles. The quantitative estimate of drug-likeness (QED) is 0.531. The molecule has 1 aromatic carbocycles. The van der Waals surface area contributed by atoms with Gasteiger partial charge in [0.2, 0.25) is 0 Å². The van der Waals surface area contributed by atoms with Crippen molar-refractivity contribution in [3.8, 4) is 11.3 Å². The van der Waals surface area contributed by atoms with Gasteiger partial charge in [-0.1, -0.05) is 18.2 Å². The fraction of sp³-hybridized carbons (Fsp3) is 0. The molecule has 0 saturated heterocycles. The molecule has 0 bridgehead atoms. The molecule has 0 aromatic heterocycles. The van der Waals surface area contributed by atoms with Crippen LogP contribution in [-0.2, 0) is 0 Å². The number of fused-ring (bicyclic) bond motifs is 2. The Morgan fingerprint density at radius 3 is 2.86 bits per heavy atom. The SMILES string of the molecule is c1ccc2ncc3nccc-3cc2c1. The molecular formula is C12H8N2. The lowest BCUT2D eigenvalue weighted by Crippen LogP contribution is -1.69. The lowest BCUT2D eigenvalue weighted by molar-refractivity contribution is 1.35. The van der Waals surface area contributed by atoms with E-state index in [2.05, 4.69) is 22.1 Å². The van der Waals surface area contributed by atoms with Gasteiger partial charge in [0.25, 0.3) is 0 Å². The highest BCUT2D eigenvalue weighted by molar-refractivity contribution is 5.82. The van der Waals surface area contributed by atoms with E-state index in [0.29, 0.717) is 0 Å². The van der Waals surface area contributed by atoms with Gasteiger partial charge in [0.1, 0.15) is 0 Å². The van der Waals surface area contributed by atoms with Gasteiger partial charge in [-0.3, -0.25) is 9.97 Å². The van der Waals surface area contributed by atoms with Gasteiger partial charge in [-0.05, 0) is 18.2 Å². The Kier molecular flexibility index (Phi) is 1.47. The van der Waals surface area contributed by atoms with Crippen molar-refractivity contribution in [3.05, 3.63) is 48.8 Å². The van der Waals surface area contributed by atoms with Crippen LogP contribution in [0.5, 0.6) is 0 Å². The Labute approximate surface area is 81.6 Å². The van der Waals surface area contributed by atoms with Crippen molar-refractivity contribution in [1.82, 2.24) is 9.97 Å². The van der Waals surface area contributed by atoms with E-state index in [-0.39, 0.29) is 0 Å². The third kappa shape index (κ3) is 1.04. The zero-order valence-corrected chi connectivity index (χ0v) is 7.51. The molecule has 0 fully saturated rings. The summed E-state index contributed by atoms with van der Waals surface area (Å²) in [6.45, 7) is 0. The third-order valence-electron chi connectivity index (χ3n) is 2.34. The van der Waals surface area contributed by atoms with Crippen LogP contribution in [0.1, 0.15) is 0 Å². The van der Waals surface area contributed by atoms with Gasteiger partial charge in [0, 0.05) is 17.1 Å². The predicted octanol–water partition coefficient (Wildman–Crippen LogP) is 2.73. The first kappa shape index (κ1) is 7.44. The molecule has 0 saturated carbocycles. The van der Waals surface area contributed by atoms with Crippen LogP contribution < -0.4 is 0 Å². The minimum Gasteiger partial charge on any atom is -0.255 e. The number of hydrogen-bond donors (Lipinski definition) is 0. The molecule has 3 rings (SSSR count). The van der Waals surface area contributed by atoms with Gasteiger partial charge in [-0.25, -0.2) is 0 Å². The zero-order valence-electron chi connectivity index (χ0n) is 7.51. The van der Waals surface area contributed by atoms with E-state index in [1.165, 1.54) is 0 Å². The van der Waals surface area contributed by atoms with Gasteiger partial charge in [-0.15, -0.1) is 0 Å². The number of aromatic nitrogens is 2. The average Bonchev–Trinajstić information content (AvgIpc) is 2.58. The van der Waals surface area contributed by atoms with Gasteiger partial charge in [0.05, 0.1) is 17.4 Å².